The average molecular weight is 477 g/mol. The first-order chi connectivity index (χ1) is 16.5. The van der Waals surface area contributed by atoms with Gasteiger partial charge in [-0.25, -0.2) is 0 Å². The van der Waals surface area contributed by atoms with Gasteiger partial charge >= 0.3 is 5.97 Å². The molecule has 5 atom stereocenters. The molecule has 0 aliphatic carbocycles. The summed E-state index contributed by atoms with van der Waals surface area (Å²) in [4.78, 5) is 11.6. The molecule has 2 heterocycles. The van der Waals surface area contributed by atoms with E-state index in [4.69, 9.17) is 23.7 Å². The second kappa shape index (κ2) is 14.6. The molecule has 7 heteroatoms. The van der Waals surface area contributed by atoms with E-state index in [2.05, 4.69) is 18.7 Å². The number of carbonyl (C=O) groups excluding carboxylic acids is 1. The Kier molecular flexibility index (Phi) is 11.5. The van der Waals surface area contributed by atoms with Crippen molar-refractivity contribution in [1.29, 1.82) is 0 Å². The van der Waals surface area contributed by atoms with Gasteiger partial charge in [0, 0.05) is 19.8 Å². The Balaban J connectivity index is 1.48. The van der Waals surface area contributed by atoms with Crippen molar-refractivity contribution < 1.29 is 33.6 Å². The molecule has 0 aromatic heterocycles. The van der Waals surface area contributed by atoms with Crippen LogP contribution in [0.15, 0.2) is 43.0 Å². The van der Waals surface area contributed by atoms with E-state index in [1.807, 2.05) is 24.3 Å². The Morgan fingerprint density at radius 3 is 2.65 bits per heavy atom. The van der Waals surface area contributed by atoms with Gasteiger partial charge in [-0.05, 0) is 44.1 Å². The number of rotatable bonds is 14. The molecular weight excluding hydrogens is 436 g/mol. The maximum absolute atomic E-state index is 11.6. The molecule has 2 aliphatic heterocycles. The molecule has 1 aromatic carbocycles. The Morgan fingerprint density at radius 2 is 1.94 bits per heavy atom. The fourth-order valence-electron chi connectivity index (χ4n) is 4.73. The molecule has 0 bridgehead atoms. The summed E-state index contributed by atoms with van der Waals surface area (Å²) in [5.74, 6) is -0.333. The van der Waals surface area contributed by atoms with Gasteiger partial charge in [0.15, 0.2) is 6.29 Å². The molecule has 2 fully saturated rings. The largest absolute Gasteiger partial charge is 0.462 e. The summed E-state index contributed by atoms with van der Waals surface area (Å²) in [5.41, 5.74) is 1.14. The Bertz CT molecular complexity index is 719. The maximum Gasteiger partial charge on any atom is 0.302 e. The van der Waals surface area contributed by atoms with Crippen LogP contribution in [0, 0.1) is 0 Å². The lowest BCUT2D eigenvalue weighted by atomic mass is 9.93. The number of hydrogen-bond acceptors (Lipinski definition) is 7. The van der Waals surface area contributed by atoms with E-state index in [1.54, 1.807) is 0 Å². The van der Waals surface area contributed by atoms with Crippen LogP contribution in [0.4, 0.5) is 0 Å². The predicted octanol–water partition coefficient (Wildman–Crippen LogP) is 4.31. The molecule has 3 rings (SSSR count). The normalized spacial score (nSPS) is 25.1. The highest BCUT2D eigenvalue weighted by Crippen LogP contribution is 2.29. The van der Waals surface area contributed by atoms with Crippen LogP contribution in [-0.2, 0) is 35.1 Å². The molecular formula is C27H40O7. The molecule has 7 nitrogen and oxygen atoms in total. The van der Waals surface area contributed by atoms with Gasteiger partial charge in [0.25, 0.3) is 0 Å². The Labute approximate surface area is 203 Å². The van der Waals surface area contributed by atoms with E-state index < -0.39 is 6.10 Å². The second-order valence-corrected chi connectivity index (χ2v) is 9.25. The van der Waals surface area contributed by atoms with Gasteiger partial charge in [0.1, 0.15) is 6.10 Å². The van der Waals surface area contributed by atoms with E-state index >= 15 is 0 Å². The number of carbonyl (C=O) groups is 1. The predicted molar refractivity (Wildman–Crippen MR) is 128 cm³/mol. The zero-order valence-corrected chi connectivity index (χ0v) is 20.3. The van der Waals surface area contributed by atoms with Crippen molar-refractivity contribution in [3.63, 3.8) is 0 Å². The minimum atomic E-state index is -0.634. The van der Waals surface area contributed by atoms with Crippen LogP contribution in [0.25, 0.3) is 0 Å². The summed E-state index contributed by atoms with van der Waals surface area (Å²) >= 11 is 0. The van der Waals surface area contributed by atoms with Crippen LogP contribution in [0.1, 0.15) is 63.9 Å². The monoisotopic (exact) mass is 476 g/mol. The molecule has 2 unspecified atom stereocenters. The van der Waals surface area contributed by atoms with Crippen molar-refractivity contribution >= 4 is 5.97 Å². The van der Waals surface area contributed by atoms with Gasteiger partial charge in [-0.1, -0.05) is 36.4 Å². The van der Waals surface area contributed by atoms with Crippen LogP contribution in [-0.4, -0.2) is 61.1 Å². The minimum Gasteiger partial charge on any atom is -0.462 e. The molecule has 2 saturated heterocycles. The highest BCUT2D eigenvalue weighted by molar-refractivity contribution is 5.66. The molecule has 0 radical (unpaired) electrons. The smallest absolute Gasteiger partial charge is 0.302 e. The Hall–Kier alpha value is -1.77. The topological polar surface area (TPSA) is 83.5 Å². The fourth-order valence-corrected chi connectivity index (χ4v) is 4.73. The molecule has 34 heavy (non-hydrogen) atoms. The van der Waals surface area contributed by atoms with Gasteiger partial charge in [0.05, 0.1) is 44.2 Å². The lowest BCUT2D eigenvalue weighted by Gasteiger charge is -2.36. The fraction of sp³-hybridized carbons (Fsp3) is 0.667. The third-order valence-electron chi connectivity index (χ3n) is 6.25. The summed E-state index contributed by atoms with van der Waals surface area (Å²) in [5, 5.41) is 10.8. The maximum atomic E-state index is 11.6. The van der Waals surface area contributed by atoms with Gasteiger partial charge in [-0.2, -0.15) is 0 Å². The van der Waals surface area contributed by atoms with Gasteiger partial charge in [0.2, 0.25) is 0 Å². The highest BCUT2D eigenvalue weighted by atomic mass is 16.7. The first kappa shape index (κ1) is 26.8. The molecule has 0 saturated carbocycles. The molecule has 1 N–H and O–H groups in total. The number of ether oxygens (including phenoxy) is 5. The quantitative estimate of drug-likeness (QED) is 0.316. The average Bonchev–Trinajstić information content (AvgIpc) is 3.31. The van der Waals surface area contributed by atoms with Gasteiger partial charge < -0.3 is 28.8 Å². The first-order valence-corrected chi connectivity index (χ1v) is 12.5. The molecule has 190 valence electrons. The molecule has 1 aromatic rings. The highest BCUT2D eigenvalue weighted by Gasteiger charge is 2.32. The summed E-state index contributed by atoms with van der Waals surface area (Å²) in [7, 11) is 0. The van der Waals surface area contributed by atoms with Crippen LogP contribution in [0.5, 0.6) is 0 Å². The van der Waals surface area contributed by atoms with Crippen molar-refractivity contribution in [2.75, 3.05) is 13.2 Å². The Morgan fingerprint density at radius 1 is 1.21 bits per heavy atom. The van der Waals surface area contributed by atoms with Crippen LogP contribution in [0.3, 0.4) is 0 Å². The third kappa shape index (κ3) is 9.84. The molecule has 0 amide bonds. The van der Waals surface area contributed by atoms with E-state index in [0.717, 1.165) is 37.7 Å². The van der Waals surface area contributed by atoms with Crippen molar-refractivity contribution in [2.24, 2.45) is 0 Å². The number of benzene rings is 1. The van der Waals surface area contributed by atoms with Crippen molar-refractivity contribution in [3.8, 4) is 0 Å². The number of aliphatic hydroxyl groups is 1. The minimum absolute atomic E-state index is 0.0277. The van der Waals surface area contributed by atoms with E-state index in [-0.39, 0.29) is 36.7 Å². The standard InChI is InChI=1S/C27H40O7/c1-3-8-23-17-25(32-19-21-9-5-4-6-10-21)18-26(34-23)16-22(29)15-24(33-20(2)28)11-7-12-27-30-13-14-31-27/h3-6,9-10,22-27,29H,1,7-8,11-19H2,2H3/t22-,23-,24+,25?,26?/m1/s1. The zero-order valence-electron chi connectivity index (χ0n) is 20.3. The molecule has 0 spiro atoms. The SMILES string of the molecule is C=CC[C@@H]1CC(OCc2ccccc2)CC(C[C@H](O)C[C@H](CCCC2OCCO2)OC(C)=O)O1. The summed E-state index contributed by atoms with van der Waals surface area (Å²) in [6.45, 7) is 7.06. The lowest BCUT2D eigenvalue weighted by molar-refractivity contribution is -0.149. The third-order valence-corrected chi connectivity index (χ3v) is 6.25. The summed E-state index contributed by atoms with van der Waals surface area (Å²) < 4.78 is 28.9. The molecule has 2 aliphatic rings. The number of aliphatic hydroxyl groups excluding tert-OH is 1. The number of esters is 1. The van der Waals surface area contributed by atoms with E-state index in [1.165, 1.54) is 6.92 Å². The van der Waals surface area contributed by atoms with Crippen molar-refractivity contribution in [3.05, 3.63) is 48.6 Å². The summed E-state index contributed by atoms with van der Waals surface area (Å²) in [6.07, 6.45) is 6.05. The van der Waals surface area contributed by atoms with Gasteiger partial charge in [-0.3, -0.25) is 4.79 Å². The van der Waals surface area contributed by atoms with Crippen LogP contribution in [0.2, 0.25) is 0 Å². The van der Waals surface area contributed by atoms with Crippen molar-refractivity contribution in [2.45, 2.75) is 102 Å². The van der Waals surface area contributed by atoms with Crippen LogP contribution < -0.4 is 0 Å². The summed E-state index contributed by atoms with van der Waals surface area (Å²) in [6, 6.07) is 10.1. The number of hydrogen-bond donors (Lipinski definition) is 1. The van der Waals surface area contributed by atoms with Crippen LogP contribution >= 0.6 is 0 Å². The van der Waals surface area contributed by atoms with E-state index in [0.29, 0.717) is 39.1 Å². The van der Waals surface area contributed by atoms with Crippen molar-refractivity contribution in [1.82, 2.24) is 0 Å². The lowest BCUT2D eigenvalue weighted by Crippen LogP contribution is -2.39. The first-order valence-electron chi connectivity index (χ1n) is 12.5. The zero-order chi connectivity index (χ0) is 24.2. The van der Waals surface area contributed by atoms with E-state index in [9.17, 15) is 9.90 Å². The second-order valence-electron chi connectivity index (χ2n) is 9.25. The van der Waals surface area contributed by atoms with Gasteiger partial charge in [-0.15, -0.1) is 6.58 Å².